The number of aliphatic carboxylic acids is 2. The van der Waals surface area contributed by atoms with Crippen LogP contribution in [0.15, 0.2) is 23.3 Å². The lowest BCUT2D eigenvalue weighted by Crippen LogP contribution is -2.49. The van der Waals surface area contributed by atoms with E-state index in [0.29, 0.717) is 18.3 Å². The monoisotopic (exact) mass is 334 g/mol. The van der Waals surface area contributed by atoms with Gasteiger partial charge in [-0.15, -0.1) is 0 Å². The average Bonchev–Trinajstić information content (AvgIpc) is 2.50. The van der Waals surface area contributed by atoms with Gasteiger partial charge in [0.25, 0.3) is 0 Å². The van der Waals surface area contributed by atoms with Crippen LogP contribution in [0.4, 0.5) is 0 Å². The van der Waals surface area contributed by atoms with Gasteiger partial charge in [-0.05, 0) is 68.1 Å². The van der Waals surface area contributed by atoms with E-state index in [0.717, 1.165) is 31.8 Å². The maximum absolute atomic E-state index is 11.4. The number of hydrogen-bond acceptors (Lipinski definition) is 2. The molecule has 0 unspecified atom stereocenters. The van der Waals surface area contributed by atoms with Crippen LogP contribution in [-0.2, 0) is 9.59 Å². The molecule has 0 heterocycles. The highest BCUT2D eigenvalue weighted by molar-refractivity contribution is 5.94. The van der Waals surface area contributed by atoms with Gasteiger partial charge in [-0.2, -0.15) is 0 Å². The second-order valence-corrected chi connectivity index (χ2v) is 8.19. The fourth-order valence-corrected chi connectivity index (χ4v) is 5.13. The molecule has 0 saturated heterocycles. The second-order valence-electron chi connectivity index (χ2n) is 8.19. The van der Waals surface area contributed by atoms with E-state index in [9.17, 15) is 14.7 Å². The highest BCUT2D eigenvalue weighted by atomic mass is 16.4. The lowest BCUT2D eigenvalue weighted by molar-refractivity contribution is -0.135. The summed E-state index contributed by atoms with van der Waals surface area (Å²) in [4.78, 5) is 22.2. The zero-order chi connectivity index (χ0) is 18.1. The van der Waals surface area contributed by atoms with Gasteiger partial charge in [0, 0.05) is 11.6 Å². The van der Waals surface area contributed by atoms with Gasteiger partial charge in [0.15, 0.2) is 0 Å². The fourth-order valence-electron chi connectivity index (χ4n) is 5.13. The Morgan fingerprint density at radius 2 is 1.96 bits per heavy atom. The van der Waals surface area contributed by atoms with Crippen LogP contribution in [0.1, 0.15) is 66.2 Å². The zero-order valence-corrected chi connectivity index (χ0v) is 15.3. The molecule has 0 radical (unpaired) electrons. The second kappa shape index (κ2) is 6.73. The van der Waals surface area contributed by atoms with Crippen molar-refractivity contribution in [2.24, 2.45) is 22.7 Å². The fraction of sp³-hybridized carbons (Fsp3) is 0.700. The minimum atomic E-state index is -1.18. The molecule has 0 aromatic carbocycles. The number of carboxylic acids is 2. The van der Waals surface area contributed by atoms with Crippen LogP contribution in [0.3, 0.4) is 0 Å². The van der Waals surface area contributed by atoms with Gasteiger partial charge in [0.1, 0.15) is 0 Å². The molecule has 0 aliphatic heterocycles. The third-order valence-electron chi connectivity index (χ3n) is 7.10. The molecule has 2 aliphatic rings. The molecule has 0 bridgehead atoms. The molecule has 2 rings (SSSR count). The summed E-state index contributed by atoms with van der Waals surface area (Å²) in [6.07, 6.45) is 8.81. The molecule has 0 aromatic heterocycles. The lowest BCUT2D eigenvalue weighted by Gasteiger charge is -2.58. The van der Waals surface area contributed by atoms with Gasteiger partial charge in [0.2, 0.25) is 0 Å². The Bertz CT molecular complexity index is 588. The summed E-state index contributed by atoms with van der Waals surface area (Å²) in [6, 6.07) is 0. The highest BCUT2D eigenvalue weighted by Gasteiger charge is 2.52. The van der Waals surface area contributed by atoms with Gasteiger partial charge >= 0.3 is 11.9 Å². The van der Waals surface area contributed by atoms with Crippen molar-refractivity contribution in [2.75, 3.05) is 0 Å². The minimum absolute atomic E-state index is 0.00581. The first-order valence-corrected chi connectivity index (χ1v) is 8.95. The summed E-state index contributed by atoms with van der Waals surface area (Å²) >= 11 is 0. The van der Waals surface area contributed by atoms with Crippen molar-refractivity contribution >= 4 is 11.9 Å². The van der Waals surface area contributed by atoms with Crippen LogP contribution in [-0.4, -0.2) is 22.2 Å². The van der Waals surface area contributed by atoms with E-state index in [1.807, 2.05) is 0 Å². The van der Waals surface area contributed by atoms with E-state index < -0.39 is 11.9 Å². The van der Waals surface area contributed by atoms with Crippen LogP contribution >= 0.6 is 0 Å². The Balaban J connectivity index is 2.27. The van der Waals surface area contributed by atoms with Crippen molar-refractivity contribution in [3.63, 3.8) is 0 Å². The molecule has 134 valence electrons. The van der Waals surface area contributed by atoms with Gasteiger partial charge < -0.3 is 10.2 Å². The molecule has 4 heteroatoms. The van der Waals surface area contributed by atoms with Gasteiger partial charge in [-0.1, -0.05) is 32.4 Å². The maximum Gasteiger partial charge on any atom is 0.331 e. The number of fused-ring (bicyclic) bond motifs is 1. The van der Waals surface area contributed by atoms with Crippen molar-refractivity contribution in [1.29, 1.82) is 0 Å². The van der Waals surface area contributed by atoms with E-state index in [1.165, 1.54) is 12.0 Å². The molecule has 1 fully saturated rings. The molecule has 2 aliphatic carbocycles. The molecule has 0 spiro atoms. The molecular formula is C20H30O4. The standard InChI is InChI=1S/C20H30O4/c1-13-6-5-7-16-19(13,3)10-8-14(2)20(16,4)11-9-15(18(23)24)12-17(21)22/h6,12,14,16H,5,7-11H2,1-4H3,(H,21,22)(H,23,24)/b15-12+/t14-,16+,19+,20-/m0/s1. The number of allylic oxidation sites excluding steroid dienone is 2. The number of rotatable bonds is 5. The maximum atomic E-state index is 11.4. The van der Waals surface area contributed by atoms with Crippen LogP contribution in [0.25, 0.3) is 0 Å². The van der Waals surface area contributed by atoms with Crippen LogP contribution in [0.2, 0.25) is 0 Å². The van der Waals surface area contributed by atoms with Gasteiger partial charge in [-0.25, -0.2) is 9.59 Å². The van der Waals surface area contributed by atoms with Crippen molar-refractivity contribution < 1.29 is 19.8 Å². The van der Waals surface area contributed by atoms with Gasteiger partial charge in [0.05, 0.1) is 0 Å². The van der Waals surface area contributed by atoms with Crippen LogP contribution in [0.5, 0.6) is 0 Å². The van der Waals surface area contributed by atoms with Gasteiger partial charge in [-0.3, -0.25) is 0 Å². The zero-order valence-electron chi connectivity index (χ0n) is 15.3. The minimum Gasteiger partial charge on any atom is -0.478 e. The van der Waals surface area contributed by atoms with Crippen LogP contribution in [0, 0.1) is 22.7 Å². The lowest BCUT2D eigenvalue weighted by atomic mass is 9.47. The third kappa shape index (κ3) is 3.28. The van der Waals surface area contributed by atoms with E-state index in [4.69, 9.17) is 5.11 Å². The summed E-state index contributed by atoms with van der Waals surface area (Å²) in [6.45, 7) is 9.15. The summed E-state index contributed by atoms with van der Waals surface area (Å²) < 4.78 is 0. The van der Waals surface area contributed by atoms with E-state index >= 15 is 0 Å². The molecule has 24 heavy (non-hydrogen) atoms. The first-order valence-electron chi connectivity index (χ1n) is 8.95. The van der Waals surface area contributed by atoms with Crippen LogP contribution < -0.4 is 0 Å². The highest BCUT2D eigenvalue weighted by Crippen LogP contribution is 2.61. The Kier molecular flexibility index (Phi) is 5.26. The summed E-state index contributed by atoms with van der Waals surface area (Å²) in [7, 11) is 0. The van der Waals surface area contributed by atoms with Crippen molar-refractivity contribution in [3.8, 4) is 0 Å². The summed E-state index contributed by atoms with van der Waals surface area (Å²) in [5, 5.41) is 18.2. The quantitative estimate of drug-likeness (QED) is 0.566. The molecule has 0 aromatic rings. The molecular weight excluding hydrogens is 304 g/mol. The number of carboxylic acid groups (broad SMARTS) is 2. The molecule has 1 saturated carbocycles. The molecule has 4 nitrogen and oxygen atoms in total. The normalized spacial score (nSPS) is 36.7. The predicted octanol–water partition coefficient (Wildman–Crippen LogP) is 4.66. The van der Waals surface area contributed by atoms with Crippen molar-refractivity contribution in [3.05, 3.63) is 23.3 Å². The third-order valence-corrected chi connectivity index (χ3v) is 7.10. The Hall–Kier alpha value is -1.58. The Morgan fingerprint density at radius 3 is 2.54 bits per heavy atom. The molecule has 0 amide bonds. The number of hydrogen-bond donors (Lipinski definition) is 2. The van der Waals surface area contributed by atoms with E-state index in [-0.39, 0.29) is 16.4 Å². The Labute approximate surface area is 144 Å². The summed E-state index contributed by atoms with van der Waals surface area (Å²) in [5.41, 5.74) is 1.71. The average molecular weight is 334 g/mol. The Morgan fingerprint density at radius 1 is 1.29 bits per heavy atom. The topological polar surface area (TPSA) is 74.6 Å². The smallest absolute Gasteiger partial charge is 0.331 e. The largest absolute Gasteiger partial charge is 0.478 e. The van der Waals surface area contributed by atoms with E-state index in [2.05, 4.69) is 33.8 Å². The SMILES string of the molecule is CC1=CCC[C@H]2[C@@](C)(CC/C(=C\C(=O)O)C(=O)O)[C@@H](C)CC[C@]12C. The van der Waals surface area contributed by atoms with Crippen molar-refractivity contribution in [2.45, 2.75) is 66.2 Å². The first kappa shape index (κ1) is 18.8. The number of carbonyl (C=O) groups is 2. The van der Waals surface area contributed by atoms with Crippen molar-refractivity contribution in [1.82, 2.24) is 0 Å². The first-order chi connectivity index (χ1) is 11.1. The summed E-state index contributed by atoms with van der Waals surface area (Å²) in [5.74, 6) is -1.26. The molecule has 2 N–H and O–H groups in total. The molecule has 4 atom stereocenters. The predicted molar refractivity (Wildman–Crippen MR) is 93.7 cm³/mol. The van der Waals surface area contributed by atoms with E-state index in [1.54, 1.807) is 0 Å².